The van der Waals surface area contributed by atoms with Crippen LogP contribution in [0.5, 0.6) is 0 Å². The minimum Gasteiger partial charge on any atom is -0.381 e. The lowest BCUT2D eigenvalue weighted by Crippen LogP contribution is -2.53. The van der Waals surface area contributed by atoms with Crippen molar-refractivity contribution in [3.63, 3.8) is 0 Å². The average molecular weight is 730 g/mol. The van der Waals surface area contributed by atoms with Crippen LogP contribution in [-0.4, -0.2) is 99.5 Å². The summed E-state index contributed by atoms with van der Waals surface area (Å²) in [5.74, 6) is 2.21. The van der Waals surface area contributed by atoms with E-state index in [1.165, 1.54) is 23.1 Å². The number of hydrogen-bond donors (Lipinski definition) is 2. The second kappa shape index (κ2) is 16.3. The lowest BCUT2D eigenvalue weighted by Gasteiger charge is -2.45. The highest BCUT2D eigenvalue weighted by molar-refractivity contribution is 7.10. The van der Waals surface area contributed by atoms with Crippen LogP contribution >= 0.6 is 23.1 Å². The van der Waals surface area contributed by atoms with Crippen molar-refractivity contribution < 1.29 is 19.1 Å². The molecule has 13 heteroatoms. The van der Waals surface area contributed by atoms with Crippen LogP contribution in [0.2, 0.25) is 0 Å². The van der Waals surface area contributed by atoms with Gasteiger partial charge in [0.15, 0.2) is 0 Å². The third-order valence-corrected chi connectivity index (χ3v) is 12.4. The summed E-state index contributed by atoms with van der Waals surface area (Å²) in [6.07, 6.45) is 9.07. The summed E-state index contributed by atoms with van der Waals surface area (Å²) in [5, 5.41) is 7.76. The molecule has 0 aromatic carbocycles. The van der Waals surface area contributed by atoms with Gasteiger partial charge in [-0.15, -0.1) is 0 Å². The number of rotatable bonds is 9. The Labute approximate surface area is 307 Å². The monoisotopic (exact) mass is 729 g/mol. The minimum atomic E-state index is -0.199. The fourth-order valence-corrected chi connectivity index (χ4v) is 9.62. The number of anilines is 2. The maximum Gasteiger partial charge on any atom is 0.243 e. The highest BCUT2D eigenvalue weighted by Gasteiger charge is 2.41. The Morgan fingerprint density at radius 3 is 2.24 bits per heavy atom. The van der Waals surface area contributed by atoms with E-state index in [2.05, 4.69) is 75.7 Å². The highest BCUT2D eigenvalue weighted by Crippen LogP contribution is 2.36. The molecule has 6 heterocycles. The maximum atomic E-state index is 14.0. The van der Waals surface area contributed by atoms with Gasteiger partial charge >= 0.3 is 0 Å². The molecule has 0 bridgehead atoms. The quantitative estimate of drug-likeness (QED) is 0.305. The van der Waals surface area contributed by atoms with Crippen molar-refractivity contribution in [3.8, 4) is 0 Å². The van der Waals surface area contributed by atoms with Crippen molar-refractivity contribution >= 4 is 45.0 Å². The Bertz CT molecular complexity index is 1430. The molecule has 50 heavy (non-hydrogen) atoms. The number of piperidine rings is 2. The lowest BCUT2D eigenvalue weighted by atomic mass is 9.80. The molecular formula is C37H59N7O4S2. The molecule has 4 aliphatic rings. The van der Waals surface area contributed by atoms with Gasteiger partial charge in [-0.1, -0.05) is 48.0 Å². The summed E-state index contributed by atoms with van der Waals surface area (Å²) in [6, 6.07) is 1.68. The van der Waals surface area contributed by atoms with Crippen molar-refractivity contribution in [2.24, 2.45) is 17.8 Å². The van der Waals surface area contributed by atoms with E-state index in [1.54, 1.807) is 0 Å². The SMILES string of the molecule is CC(C)(C)c1cc(NC(=O)C2CC(C3CC(CN4CCCCC4C(=O)Nc4nc(C(C)(C)C)ns4)CCO3)CCN2CC2CCOCC2)sn1. The van der Waals surface area contributed by atoms with Gasteiger partial charge in [-0.2, -0.15) is 8.75 Å². The average Bonchev–Trinajstić information content (AvgIpc) is 3.76. The Kier molecular flexibility index (Phi) is 12.3. The molecule has 2 amide bonds. The predicted octanol–water partition coefficient (Wildman–Crippen LogP) is 6.32. The number of carbonyl (C=O) groups excluding carboxylic acids is 2. The minimum absolute atomic E-state index is 0.0336. The van der Waals surface area contributed by atoms with E-state index in [4.69, 9.17) is 9.47 Å². The Balaban J connectivity index is 1.08. The van der Waals surface area contributed by atoms with E-state index in [-0.39, 0.29) is 40.8 Å². The molecule has 0 saturated carbocycles. The van der Waals surface area contributed by atoms with Crippen molar-refractivity contribution in [2.45, 2.75) is 128 Å². The van der Waals surface area contributed by atoms with Crippen LogP contribution in [0.25, 0.3) is 0 Å². The van der Waals surface area contributed by atoms with Gasteiger partial charge in [0.2, 0.25) is 16.9 Å². The van der Waals surface area contributed by atoms with Crippen LogP contribution in [0.15, 0.2) is 6.07 Å². The number of hydrogen-bond acceptors (Lipinski definition) is 11. The van der Waals surface area contributed by atoms with Crippen LogP contribution in [0.3, 0.4) is 0 Å². The normalized spacial score (nSPS) is 28.0. The maximum absolute atomic E-state index is 14.0. The number of nitrogens with zero attached hydrogens (tertiary/aromatic N) is 5. The van der Waals surface area contributed by atoms with E-state index in [1.807, 2.05) is 6.07 Å². The molecule has 5 atom stereocenters. The van der Waals surface area contributed by atoms with Gasteiger partial charge in [0.25, 0.3) is 0 Å². The molecule has 4 aliphatic heterocycles. The summed E-state index contributed by atoms with van der Waals surface area (Å²) < 4.78 is 21.3. The van der Waals surface area contributed by atoms with Crippen LogP contribution < -0.4 is 10.6 Å². The van der Waals surface area contributed by atoms with Crippen LogP contribution in [-0.2, 0) is 29.9 Å². The molecule has 0 radical (unpaired) electrons. The number of carbonyl (C=O) groups is 2. The zero-order valence-corrected chi connectivity index (χ0v) is 32.7. The lowest BCUT2D eigenvalue weighted by molar-refractivity contribution is -0.126. The molecule has 2 aromatic heterocycles. The third-order valence-electron chi connectivity index (χ3n) is 11.1. The molecule has 4 fully saturated rings. The Morgan fingerprint density at radius 2 is 1.52 bits per heavy atom. The van der Waals surface area contributed by atoms with Crippen molar-refractivity contribution in [1.29, 1.82) is 0 Å². The van der Waals surface area contributed by atoms with Gasteiger partial charge in [-0.25, -0.2) is 4.98 Å². The largest absolute Gasteiger partial charge is 0.381 e. The summed E-state index contributed by atoms with van der Waals surface area (Å²) in [7, 11) is 0. The summed E-state index contributed by atoms with van der Waals surface area (Å²) in [4.78, 5) is 37.0. The Morgan fingerprint density at radius 1 is 0.800 bits per heavy atom. The number of aromatic nitrogens is 3. The number of ether oxygens (including phenoxy) is 2. The van der Waals surface area contributed by atoms with Gasteiger partial charge < -0.3 is 14.8 Å². The van der Waals surface area contributed by atoms with Gasteiger partial charge in [0.1, 0.15) is 10.8 Å². The molecule has 6 rings (SSSR count). The molecule has 4 saturated heterocycles. The first kappa shape index (κ1) is 37.7. The molecule has 0 spiro atoms. The molecule has 5 unspecified atom stereocenters. The van der Waals surface area contributed by atoms with Gasteiger partial charge in [-0.3, -0.25) is 24.7 Å². The van der Waals surface area contributed by atoms with E-state index < -0.39 is 0 Å². The zero-order chi connectivity index (χ0) is 35.5. The van der Waals surface area contributed by atoms with E-state index in [9.17, 15) is 9.59 Å². The van der Waals surface area contributed by atoms with E-state index in [0.717, 1.165) is 120 Å². The van der Waals surface area contributed by atoms with Crippen LogP contribution in [0.4, 0.5) is 10.1 Å². The topological polar surface area (TPSA) is 122 Å². The van der Waals surface area contributed by atoms with Gasteiger partial charge in [0, 0.05) is 55.3 Å². The van der Waals surface area contributed by atoms with Gasteiger partial charge in [-0.05, 0) is 99.8 Å². The van der Waals surface area contributed by atoms with Crippen molar-refractivity contribution in [1.82, 2.24) is 23.5 Å². The van der Waals surface area contributed by atoms with E-state index in [0.29, 0.717) is 22.9 Å². The fraction of sp³-hybridized carbons (Fsp3) is 0.811. The number of amides is 2. The molecule has 0 aliphatic carbocycles. The smallest absolute Gasteiger partial charge is 0.243 e. The van der Waals surface area contributed by atoms with Crippen molar-refractivity contribution in [2.75, 3.05) is 56.6 Å². The molecular weight excluding hydrogens is 671 g/mol. The highest BCUT2D eigenvalue weighted by atomic mass is 32.1. The fourth-order valence-electron chi connectivity index (χ4n) is 8.02. The Hall–Kier alpha value is -2.03. The summed E-state index contributed by atoms with van der Waals surface area (Å²) in [5.41, 5.74) is 0.786. The van der Waals surface area contributed by atoms with Crippen LogP contribution in [0.1, 0.15) is 111 Å². The summed E-state index contributed by atoms with van der Waals surface area (Å²) in [6.45, 7) is 18.7. The van der Waals surface area contributed by atoms with Crippen LogP contribution in [0, 0.1) is 17.8 Å². The van der Waals surface area contributed by atoms with Crippen molar-refractivity contribution in [3.05, 3.63) is 17.6 Å². The standard InChI is InChI=1S/C37H59N7O4S2/c1-36(2,3)30-21-31(49-41-30)38-33(46)28-20-26(10-15-44(28)22-24-11-16-47-17-12-24)29-19-25(13-18-48-29)23-43-14-8-7-9-27(43)32(45)39-35-40-34(42-50-35)37(4,5)6/h21,24-29H,7-20,22-23H2,1-6H3,(H,38,46)(H,39,40,42,45). The number of nitrogens with one attached hydrogen (secondary N) is 2. The molecule has 2 N–H and O–H groups in total. The second-order valence-corrected chi connectivity index (χ2v) is 18.7. The van der Waals surface area contributed by atoms with E-state index >= 15 is 0 Å². The molecule has 278 valence electrons. The third kappa shape index (κ3) is 9.69. The number of likely N-dealkylation sites (tertiary alicyclic amines) is 2. The first-order valence-electron chi connectivity index (χ1n) is 18.9. The first-order chi connectivity index (χ1) is 23.8. The first-order valence-corrected chi connectivity index (χ1v) is 20.5. The molecule has 2 aromatic rings. The predicted molar refractivity (Wildman–Crippen MR) is 200 cm³/mol. The van der Waals surface area contributed by atoms with Gasteiger partial charge in [0.05, 0.1) is 23.9 Å². The second-order valence-electron chi connectivity index (χ2n) is 17.1. The zero-order valence-electron chi connectivity index (χ0n) is 31.0. The molecule has 11 nitrogen and oxygen atoms in total. The summed E-state index contributed by atoms with van der Waals surface area (Å²) >= 11 is 2.64.